The van der Waals surface area contributed by atoms with E-state index < -0.39 is 0 Å². The van der Waals surface area contributed by atoms with E-state index in [9.17, 15) is 5.11 Å². The van der Waals surface area contributed by atoms with E-state index in [1.807, 2.05) is 6.92 Å². The van der Waals surface area contributed by atoms with Crippen molar-refractivity contribution in [1.82, 2.24) is 10.1 Å². The molecule has 1 aromatic heterocycles. The number of ether oxygens (including phenoxy) is 1. The maximum absolute atomic E-state index is 9.45. The molecule has 0 saturated heterocycles. The maximum atomic E-state index is 9.45. The van der Waals surface area contributed by atoms with Crippen molar-refractivity contribution in [3.8, 4) is 11.5 Å². The SMILES string of the molecule is CCc1nc(COc2ccccc2O)no1. The van der Waals surface area contributed by atoms with Crippen molar-refractivity contribution in [3.63, 3.8) is 0 Å². The average molecular weight is 220 g/mol. The second-order valence-electron chi connectivity index (χ2n) is 3.21. The number of phenolic OH excluding ortho intramolecular Hbond substituents is 1. The lowest BCUT2D eigenvalue weighted by Crippen LogP contribution is -1.97. The number of hydrogen-bond donors (Lipinski definition) is 1. The molecule has 2 rings (SSSR count). The zero-order chi connectivity index (χ0) is 11.4. The first-order valence-corrected chi connectivity index (χ1v) is 5.02. The number of aryl methyl sites for hydroxylation is 1. The fraction of sp³-hybridized carbons (Fsp3) is 0.273. The quantitative estimate of drug-likeness (QED) is 0.852. The molecule has 0 unspecified atom stereocenters. The molecule has 1 aromatic carbocycles. The number of rotatable bonds is 4. The Morgan fingerprint density at radius 3 is 2.88 bits per heavy atom. The number of para-hydroxylation sites is 2. The lowest BCUT2D eigenvalue weighted by molar-refractivity contribution is 0.272. The van der Waals surface area contributed by atoms with Gasteiger partial charge in [0.25, 0.3) is 0 Å². The highest BCUT2D eigenvalue weighted by molar-refractivity contribution is 5.37. The molecule has 0 aliphatic carbocycles. The molecular formula is C11H12N2O3. The minimum absolute atomic E-state index is 0.0988. The highest BCUT2D eigenvalue weighted by Crippen LogP contribution is 2.24. The second kappa shape index (κ2) is 4.65. The van der Waals surface area contributed by atoms with Crippen LogP contribution in [-0.4, -0.2) is 15.2 Å². The Bertz CT molecular complexity index is 468. The van der Waals surface area contributed by atoms with E-state index in [2.05, 4.69) is 10.1 Å². The van der Waals surface area contributed by atoms with Gasteiger partial charge in [0.1, 0.15) is 0 Å². The molecule has 5 nitrogen and oxygen atoms in total. The zero-order valence-corrected chi connectivity index (χ0v) is 8.88. The van der Waals surface area contributed by atoms with Crippen LogP contribution in [0.4, 0.5) is 0 Å². The number of aromatic hydroxyl groups is 1. The molecule has 0 fully saturated rings. The minimum Gasteiger partial charge on any atom is -0.504 e. The van der Waals surface area contributed by atoms with Crippen molar-refractivity contribution < 1.29 is 14.4 Å². The molecule has 1 N–H and O–H groups in total. The van der Waals surface area contributed by atoms with Crippen molar-refractivity contribution >= 4 is 0 Å². The number of hydrogen-bond acceptors (Lipinski definition) is 5. The van der Waals surface area contributed by atoms with E-state index in [-0.39, 0.29) is 12.4 Å². The Hall–Kier alpha value is -2.04. The van der Waals surface area contributed by atoms with Crippen LogP contribution >= 0.6 is 0 Å². The van der Waals surface area contributed by atoms with Gasteiger partial charge in [0, 0.05) is 6.42 Å². The Morgan fingerprint density at radius 1 is 1.38 bits per heavy atom. The fourth-order valence-corrected chi connectivity index (χ4v) is 1.21. The molecule has 84 valence electrons. The van der Waals surface area contributed by atoms with Crippen LogP contribution in [0.5, 0.6) is 11.5 Å². The predicted molar refractivity (Wildman–Crippen MR) is 56.1 cm³/mol. The average Bonchev–Trinajstić information content (AvgIpc) is 2.76. The normalized spacial score (nSPS) is 10.3. The van der Waals surface area contributed by atoms with Crippen molar-refractivity contribution in [2.75, 3.05) is 0 Å². The molecule has 0 atom stereocenters. The van der Waals surface area contributed by atoms with E-state index in [1.54, 1.807) is 24.3 Å². The molecule has 0 saturated carbocycles. The molecular weight excluding hydrogens is 208 g/mol. The Balaban J connectivity index is 1.99. The Labute approximate surface area is 92.7 Å². The summed E-state index contributed by atoms with van der Waals surface area (Å²) in [7, 11) is 0. The Morgan fingerprint density at radius 2 is 2.19 bits per heavy atom. The number of nitrogens with zero attached hydrogens (tertiary/aromatic N) is 2. The smallest absolute Gasteiger partial charge is 0.226 e. The third kappa shape index (κ3) is 2.31. The van der Waals surface area contributed by atoms with Crippen LogP contribution in [0.15, 0.2) is 28.8 Å². The molecule has 0 radical (unpaired) electrons. The number of benzene rings is 1. The lowest BCUT2D eigenvalue weighted by atomic mass is 10.3. The summed E-state index contributed by atoms with van der Waals surface area (Å²) in [4.78, 5) is 4.09. The first kappa shape index (κ1) is 10.5. The van der Waals surface area contributed by atoms with Gasteiger partial charge in [0.05, 0.1) is 0 Å². The first-order valence-electron chi connectivity index (χ1n) is 5.02. The molecule has 2 aromatic rings. The predicted octanol–water partition coefficient (Wildman–Crippen LogP) is 1.92. The van der Waals surface area contributed by atoms with Crippen LogP contribution in [0.3, 0.4) is 0 Å². The van der Waals surface area contributed by atoms with Crippen LogP contribution in [0, 0.1) is 0 Å². The van der Waals surface area contributed by atoms with Crippen molar-refractivity contribution in [2.45, 2.75) is 20.0 Å². The summed E-state index contributed by atoms with van der Waals surface area (Å²) in [6, 6.07) is 6.74. The van der Waals surface area contributed by atoms with Crippen molar-refractivity contribution in [3.05, 3.63) is 36.0 Å². The summed E-state index contributed by atoms with van der Waals surface area (Å²) in [5.41, 5.74) is 0. The van der Waals surface area contributed by atoms with E-state index in [4.69, 9.17) is 9.26 Å². The van der Waals surface area contributed by atoms with Gasteiger partial charge in [-0.15, -0.1) is 0 Å². The summed E-state index contributed by atoms with van der Waals surface area (Å²) in [5, 5.41) is 13.2. The molecule has 16 heavy (non-hydrogen) atoms. The lowest BCUT2D eigenvalue weighted by Gasteiger charge is -2.04. The Kier molecular flexibility index (Phi) is 3.05. The topological polar surface area (TPSA) is 68.4 Å². The fourth-order valence-electron chi connectivity index (χ4n) is 1.21. The molecule has 5 heteroatoms. The first-order chi connectivity index (χ1) is 7.79. The summed E-state index contributed by atoms with van der Waals surface area (Å²) >= 11 is 0. The van der Waals surface area contributed by atoms with Gasteiger partial charge in [0.15, 0.2) is 18.1 Å². The molecule has 0 aliphatic heterocycles. The van der Waals surface area contributed by atoms with Gasteiger partial charge in [-0.05, 0) is 12.1 Å². The van der Waals surface area contributed by atoms with Gasteiger partial charge < -0.3 is 14.4 Å². The van der Waals surface area contributed by atoms with Crippen molar-refractivity contribution in [2.24, 2.45) is 0 Å². The van der Waals surface area contributed by atoms with Crippen LogP contribution < -0.4 is 4.74 Å². The van der Waals surface area contributed by atoms with Gasteiger partial charge in [0.2, 0.25) is 11.7 Å². The van der Waals surface area contributed by atoms with E-state index in [1.165, 1.54) is 0 Å². The third-order valence-electron chi connectivity index (χ3n) is 2.03. The van der Waals surface area contributed by atoms with E-state index in [0.717, 1.165) is 0 Å². The monoisotopic (exact) mass is 220 g/mol. The number of phenols is 1. The van der Waals surface area contributed by atoms with E-state index >= 15 is 0 Å². The van der Waals surface area contributed by atoms with Crippen LogP contribution in [-0.2, 0) is 13.0 Å². The van der Waals surface area contributed by atoms with Crippen LogP contribution in [0.25, 0.3) is 0 Å². The maximum Gasteiger partial charge on any atom is 0.226 e. The van der Waals surface area contributed by atoms with Gasteiger partial charge >= 0.3 is 0 Å². The van der Waals surface area contributed by atoms with Crippen molar-refractivity contribution in [1.29, 1.82) is 0 Å². The van der Waals surface area contributed by atoms with Crippen LogP contribution in [0.2, 0.25) is 0 Å². The van der Waals surface area contributed by atoms with Gasteiger partial charge in [-0.1, -0.05) is 24.2 Å². The number of aromatic nitrogens is 2. The highest BCUT2D eigenvalue weighted by atomic mass is 16.5. The standard InChI is InChI=1S/C11H12N2O3/c1-2-11-12-10(13-16-11)7-15-9-6-4-3-5-8(9)14/h3-6,14H,2,7H2,1H3. The largest absolute Gasteiger partial charge is 0.504 e. The van der Waals surface area contributed by atoms with Gasteiger partial charge in [-0.25, -0.2) is 0 Å². The van der Waals surface area contributed by atoms with Gasteiger partial charge in [-0.3, -0.25) is 0 Å². The minimum atomic E-state index is 0.0988. The highest BCUT2D eigenvalue weighted by Gasteiger charge is 2.06. The molecule has 0 spiro atoms. The summed E-state index contributed by atoms with van der Waals surface area (Å²) in [6.07, 6.45) is 0.698. The molecule has 1 heterocycles. The second-order valence-corrected chi connectivity index (χ2v) is 3.21. The summed E-state index contributed by atoms with van der Waals surface area (Å²) in [6.45, 7) is 2.11. The van der Waals surface area contributed by atoms with Crippen LogP contribution in [0.1, 0.15) is 18.6 Å². The zero-order valence-electron chi connectivity index (χ0n) is 8.88. The molecule has 0 bridgehead atoms. The molecule has 0 aliphatic rings. The van der Waals surface area contributed by atoms with E-state index in [0.29, 0.717) is 23.9 Å². The van der Waals surface area contributed by atoms with Gasteiger partial charge in [-0.2, -0.15) is 4.98 Å². The summed E-state index contributed by atoms with van der Waals surface area (Å²) < 4.78 is 10.3. The summed E-state index contributed by atoms with van der Waals surface area (Å²) in [5.74, 6) is 1.56. The third-order valence-corrected chi connectivity index (χ3v) is 2.03. The molecule has 0 amide bonds.